The fourth-order valence-electron chi connectivity index (χ4n) is 4.12. The van der Waals surface area contributed by atoms with E-state index in [1.54, 1.807) is 24.5 Å². The zero-order valence-corrected chi connectivity index (χ0v) is 15.3. The number of carbonyl (C=O) groups excluding carboxylic acids is 2. The molecule has 2 aromatic heterocycles. The number of nitrogens with one attached hydrogen (secondary N) is 1. The third-order valence-corrected chi connectivity index (χ3v) is 7.96. The zero-order chi connectivity index (χ0) is 18.8. The van der Waals surface area contributed by atoms with Crippen molar-refractivity contribution in [2.45, 2.75) is 24.1 Å². The highest BCUT2D eigenvalue weighted by molar-refractivity contribution is 7.92. The van der Waals surface area contributed by atoms with Crippen LogP contribution in [-0.4, -0.2) is 69.9 Å². The van der Waals surface area contributed by atoms with Crippen molar-refractivity contribution in [2.75, 3.05) is 18.8 Å². The van der Waals surface area contributed by atoms with Gasteiger partial charge in [-0.3, -0.25) is 9.59 Å². The number of sulfone groups is 1. The highest BCUT2D eigenvalue weighted by Gasteiger charge is 2.54. The molecule has 3 aliphatic rings. The molecule has 27 heavy (non-hydrogen) atoms. The van der Waals surface area contributed by atoms with E-state index in [0.29, 0.717) is 12.2 Å². The minimum absolute atomic E-state index is 0.0244. The maximum Gasteiger partial charge on any atom is 0.274 e. The summed E-state index contributed by atoms with van der Waals surface area (Å²) in [6, 6.07) is 2.89. The van der Waals surface area contributed by atoms with Crippen molar-refractivity contribution in [3.8, 4) is 0 Å². The summed E-state index contributed by atoms with van der Waals surface area (Å²) in [5, 5.41) is 6.51. The molecule has 0 aromatic carbocycles. The molecule has 1 N–H and O–H groups in total. The molecule has 0 unspecified atom stereocenters. The molecule has 0 radical (unpaired) electrons. The van der Waals surface area contributed by atoms with E-state index in [1.165, 1.54) is 9.42 Å². The molecule has 2 amide bonds. The molecule has 2 saturated heterocycles. The lowest BCUT2D eigenvalue weighted by Gasteiger charge is -2.20. The zero-order valence-electron chi connectivity index (χ0n) is 14.5. The molecule has 1 saturated carbocycles. The number of carbonyl (C=O) groups is 2. The van der Waals surface area contributed by atoms with Gasteiger partial charge in [-0.15, -0.1) is 0 Å². The Morgan fingerprint density at radius 2 is 2.04 bits per heavy atom. The minimum atomic E-state index is -3.34. The molecule has 2 aromatic rings. The van der Waals surface area contributed by atoms with Gasteiger partial charge in [0.05, 0.1) is 11.0 Å². The van der Waals surface area contributed by atoms with Crippen LogP contribution in [0.25, 0.3) is 5.65 Å². The van der Waals surface area contributed by atoms with Crippen LogP contribution < -0.4 is 5.32 Å². The van der Waals surface area contributed by atoms with Crippen LogP contribution in [0.4, 0.5) is 0 Å². The van der Waals surface area contributed by atoms with Gasteiger partial charge in [-0.2, -0.15) is 5.10 Å². The van der Waals surface area contributed by atoms with Crippen LogP contribution in [-0.2, 0) is 14.6 Å². The Labute approximate surface area is 155 Å². The third kappa shape index (κ3) is 2.78. The van der Waals surface area contributed by atoms with Crippen LogP contribution in [0.15, 0.2) is 24.5 Å². The second-order valence-corrected chi connectivity index (χ2v) is 9.85. The summed E-state index contributed by atoms with van der Waals surface area (Å²) in [5.41, 5.74) is 0.798. The van der Waals surface area contributed by atoms with Crippen LogP contribution in [0.3, 0.4) is 0 Å². The molecule has 0 bridgehead atoms. The first-order valence-corrected chi connectivity index (χ1v) is 10.8. The maximum absolute atomic E-state index is 12.8. The van der Waals surface area contributed by atoms with Crippen molar-refractivity contribution in [3.63, 3.8) is 0 Å². The van der Waals surface area contributed by atoms with Crippen molar-refractivity contribution < 1.29 is 18.0 Å². The second kappa shape index (κ2) is 5.75. The summed E-state index contributed by atoms with van der Waals surface area (Å²) in [6.07, 6.45) is 5.05. The Morgan fingerprint density at radius 3 is 2.78 bits per heavy atom. The van der Waals surface area contributed by atoms with Gasteiger partial charge in [0.2, 0.25) is 5.91 Å². The molecule has 3 atom stereocenters. The van der Waals surface area contributed by atoms with E-state index in [9.17, 15) is 18.0 Å². The lowest BCUT2D eigenvalue weighted by atomic mass is 10.0. The number of rotatable bonds is 3. The summed E-state index contributed by atoms with van der Waals surface area (Å²) in [7, 11) is -3.34. The lowest BCUT2D eigenvalue weighted by molar-refractivity contribution is -0.123. The van der Waals surface area contributed by atoms with E-state index in [-0.39, 0.29) is 41.6 Å². The first-order chi connectivity index (χ1) is 12.9. The largest absolute Gasteiger partial charge is 0.352 e. The third-order valence-electron chi connectivity index (χ3n) is 5.72. The molecule has 10 heteroatoms. The SMILES string of the molecule is O=C(N[C@H]1CS(=O)(=O)[C@H]2CN(C(=O)c3cc4ncccn4n3)C[C@@H]12)C1CC1. The van der Waals surface area contributed by atoms with E-state index in [1.807, 2.05) is 0 Å². The number of hydrogen-bond donors (Lipinski definition) is 1. The molecule has 9 nitrogen and oxygen atoms in total. The van der Waals surface area contributed by atoms with E-state index in [0.717, 1.165) is 12.8 Å². The van der Waals surface area contributed by atoms with E-state index >= 15 is 0 Å². The summed E-state index contributed by atoms with van der Waals surface area (Å²) in [5.74, 6) is -0.654. The molecule has 0 spiro atoms. The molecule has 3 fully saturated rings. The fourth-order valence-corrected chi connectivity index (χ4v) is 6.41. The summed E-state index contributed by atoms with van der Waals surface area (Å²) < 4.78 is 26.6. The highest BCUT2D eigenvalue weighted by Crippen LogP contribution is 2.36. The molecule has 142 valence electrons. The van der Waals surface area contributed by atoms with Crippen molar-refractivity contribution >= 4 is 27.3 Å². The Bertz CT molecular complexity index is 1010. The van der Waals surface area contributed by atoms with Crippen molar-refractivity contribution in [1.29, 1.82) is 0 Å². The fraction of sp³-hybridized carbons (Fsp3) is 0.529. The van der Waals surface area contributed by atoms with Gasteiger partial charge in [0.15, 0.2) is 21.2 Å². The second-order valence-electron chi connectivity index (χ2n) is 7.58. The number of amides is 2. The van der Waals surface area contributed by atoms with Gasteiger partial charge in [0, 0.05) is 49.4 Å². The Hall–Kier alpha value is -2.49. The molecular weight excluding hydrogens is 370 g/mol. The monoisotopic (exact) mass is 389 g/mol. The lowest BCUT2D eigenvalue weighted by Crippen LogP contribution is -2.43. The first-order valence-electron chi connectivity index (χ1n) is 9.04. The van der Waals surface area contributed by atoms with Crippen molar-refractivity contribution in [3.05, 3.63) is 30.2 Å². The quantitative estimate of drug-likeness (QED) is 0.757. The maximum atomic E-state index is 12.8. The molecule has 5 rings (SSSR count). The number of hydrogen-bond acceptors (Lipinski definition) is 6. The molecule has 4 heterocycles. The van der Waals surface area contributed by atoms with Gasteiger partial charge in [-0.1, -0.05) is 0 Å². The van der Waals surface area contributed by atoms with Gasteiger partial charge >= 0.3 is 0 Å². The summed E-state index contributed by atoms with van der Waals surface area (Å²) in [6.45, 7) is 0.447. The van der Waals surface area contributed by atoms with Crippen LogP contribution >= 0.6 is 0 Å². The van der Waals surface area contributed by atoms with Crippen molar-refractivity contribution in [2.24, 2.45) is 11.8 Å². The number of likely N-dealkylation sites (tertiary alicyclic amines) is 1. The Balaban J connectivity index is 1.37. The highest BCUT2D eigenvalue weighted by atomic mass is 32.2. The van der Waals surface area contributed by atoms with Crippen LogP contribution in [0.5, 0.6) is 0 Å². The predicted octanol–water partition coefficient (Wildman–Crippen LogP) is -0.507. The summed E-state index contributed by atoms with van der Waals surface area (Å²) >= 11 is 0. The molecule has 2 aliphatic heterocycles. The predicted molar refractivity (Wildman–Crippen MR) is 94.6 cm³/mol. The van der Waals surface area contributed by atoms with Crippen LogP contribution in [0.1, 0.15) is 23.3 Å². The first kappa shape index (κ1) is 16.7. The van der Waals surface area contributed by atoms with Crippen molar-refractivity contribution in [1.82, 2.24) is 24.8 Å². The Morgan fingerprint density at radius 1 is 1.22 bits per heavy atom. The number of fused-ring (bicyclic) bond motifs is 2. The van der Waals surface area contributed by atoms with Gasteiger partial charge in [0.25, 0.3) is 5.91 Å². The molecule has 1 aliphatic carbocycles. The molecular formula is C17H19N5O4S. The van der Waals surface area contributed by atoms with E-state index in [4.69, 9.17) is 0 Å². The number of nitrogens with zero attached hydrogens (tertiary/aromatic N) is 4. The minimum Gasteiger partial charge on any atom is -0.352 e. The van der Waals surface area contributed by atoms with Gasteiger partial charge in [-0.25, -0.2) is 17.9 Å². The smallest absolute Gasteiger partial charge is 0.274 e. The van der Waals surface area contributed by atoms with Crippen LogP contribution in [0.2, 0.25) is 0 Å². The number of aromatic nitrogens is 3. The van der Waals surface area contributed by atoms with Gasteiger partial charge < -0.3 is 10.2 Å². The van der Waals surface area contributed by atoms with E-state index < -0.39 is 21.1 Å². The average Bonchev–Trinajstić information content (AvgIpc) is 3.16. The standard InChI is InChI=1S/C17H19N5O4S/c23-16(10-2-3-10)19-13-9-27(25,26)14-8-21(7-11(13)14)17(24)12-6-15-18-4-1-5-22(15)20-12/h1,4-6,10-11,13-14H,2-3,7-9H2,(H,19,23)/t11-,13-,14-/m0/s1. The van der Waals surface area contributed by atoms with Crippen LogP contribution in [0, 0.1) is 11.8 Å². The Kier molecular flexibility index (Phi) is 3.55. The van der Waals surface area contributed by atoms with Gasteiger partial charge in [0.1, 0.15) is 0 Å². The van der Waals surface area contributed by atoms with E-state index in [2.05, 4.69) is 15.4 Å². The topological polar surface area (TPSA) is 114 Å². The average molecular weight is 389 g/mol. The normalized spacial score (nSPS) is 29.0. The van der Waals surface area contributed by atoms with Gasteiger partial charge in [-0.05, 0) is 18.9 Å². The summed E-state index contributed by atoms with van der Waals surface area (Å²) in [4.78, 5) is 30.6.